The van der Waals surface area contributed by atoms with Gasteiger partial charge in [-0.1, -0.05) is 12.1 Å². The molecule has 0 saturated carbocycles. The molecule has 0 heterocycles. The molecule has 2 amide bonds. The van der Waals surface area contributed by atoms with Crippen molar-refractivity contribution >= 4 is 11.7 Å². The van der Waals surface area contributed by atoms with E-state index in [1.807, 2.05) is 0 Å². The summed E-state index contributed by atoms with van der Waals surface area (Å²) < 4.78 is 13.6. The number of benzene rings is 1. The summed E-state index contributed by atoms with van der Waals surface area (Å²) in [5, 5.41) is 15.7. The minimum Gasteiger partial charge on any atom is -0.352 e. The van der Waals surface area contributed by atoms with E-state index in [0.29, 0.717) is 13.1 Å². The van der Waals surface area contributed by atoms with Gasteiger partial charge in [0.15, 0.2) is 0 Å². The molecule has 0 saturated heterocycles. The lowest BCUT2D eigenvalue weighted by atomic mass is 10.2. The number of rotatable bonds is 6. The van der Waals surface area contributed by atoms with Crippen LogP contribution in [0.5, 0.6) is 0 Å². The second kappa shape index (κ2) is 6.50. The second-order valence-electron chi connectivity index (χ2n) is 3.48. The number of nitro groups is 1. The molecule has 0 radical (unpaired) electrons. The van der Waals surface area contributed by atoms with Crippen LogP contribution in [-0.4, -0.2) is 24.0 Å². The Hall–Kier alpha value is -2.22. The molecule has 0 unspecified atom stereocenters. The Morgan fingerprint density at radius 3 is 2.78 bits per heavy atom. The molecule has 8 heteroatoms. The van der Waals surface area contributed by atoms with Crippen LogP contribution in [0, 0.1) is 15.9 Å². The van der Waals surface area contributed by atoms with E-state index in [-0.39, 0.29) is 12.1 Å². The Morgan fingerprint density at radius 2 is 2.17 bits per heavy atom. The monoisotopic (exact) mass is 256 g/mol. The zero-order valence-electron chi connectivity index (χ0n) is 9.48. The zero-order valence-corrected chi connectivity index (χ0v) is 9.48. The number of nitrogens with two attached hydrogens (primary N) is 1. The van der Waals surface area contributed by atoms with Gasteiger partial charge in [-0.2, -0.15) is 4.39 Å². The molecule has 1 aromatic carbocycles. The van der Waals surface area contributed by atoms with E-state index < -0.39 is 22.5 Å². The van der Waals surface area contributed by atoms with Gasteiger partial charge in [-0.25, -0.2) is 4.79 Å². The highest BCUT2D eigenvalue weighted by Gasteiger charge is 2.16. The molecule has 7 nitrogen and oxygen atoms in total. The smallest absolute Gasteiger partial charge is 0.312 e. The molecule has 4 N–H and O–H groups in total. The van der Waals surface area contributed by atoms with Gasteiger partial charge in [0.2, 0.25) is 5.82 Å². The van der Waals surface area contributed by atoms with Gasteiger partial charge in [0.05, 0.1) is 4.92 Å². The molecular formula is C10H13FN4O3. The molecule has 0 atom stereocenters. The molecular weight excluding hydrogens is 243 g/mol. The van der Waals surface area contributed by atoms with Gasteiger partial charge in [0, 0.05) is 31.3 Å². The number of amides is 2. The quantitative estimate of drug-likeness (QED) is 0.391. The van der Waals surface area contributed by atoms with Gasteiger partial charge in [-0.3, -0.25) is 10.1 Å². The number of hydrogen-bond acceptors (Lipinski definition) is 4. The van der Waals surface area contributed by atoms with Crippen molar-refractivity contribution in [2.24, 2.45) is 5.73 Å². The van der Waals surface area contributed by atoms with E-state index in [9.17, 15) is 19.3 Å². The summed E-state index contributed by atoms with van der Waals surface area (Å²) in [4.78, 5) is 20.1. The lowest BCUT2D eigenvalue weighted by Gasteiger charge is -2.06. The van der Waals surface area contributed by atoms with Gasteiger partial charge in [-0.05, 0) is 0 Å². The van der Waals surface area contributed by atoms with Gasteiger partial charge in [-0.15, -0.1) is 0 Å². The van der Waals surface area contributed by atoms with Crippen molar-refractivity contribution in [2.45, 2.75) is 6.54 Å². The lowest BCUT2D eigenvalue weighted by molar-refractivity contribution is -0.387. The van der Waals surface area contributed by atoms with Crippen molar-refractivity contribution in [2.75, 3.05) is 13.1 Å². The standard InChI is InChI=1S/C10H13FN4O3/c11-9-7(2-1-3-8(9)15(17)18)6-13-4-5-14-10(12)16/h1-3,13H,4-6H2,(H3,12,14,16). The number of halogens is 1. The first-order valence-corrected chi connectivity index (χ1v) is 5.18. The maximum Gasteiger partial charge on any atom is 0.312 e. The van der Waals surface area contributed by atoms with Crippen molar-refractivity contribution in [3.63, 3.8) is 0 Å². The SMILES string of the molecule is NC(=O)NCCNCc1cccc([N+](=O)[O-])c1F. The van der Waals surface area contributed by atoms with Crippen LogP contribution in [-0.2, 0) is 6.54 Å². The van der Waals surface area contributed by atoms with E-state index >= 15 is 0 Å². The lowest BCUT2D eigenvalue weighted by Crippen LogP contribution is -2.35. The first kappa shape index (κ1) is 13.8. The normalized spacial score (nSPS) is 10.1. The summed E-state index contributed by atoms with van der Waals surface area (Å²) in [5.41, 5.74) is 4.50. The maximum atomic E-state index is 13.6. The Kier molecular flexibility index (Phi) is 5.00. The highest BCUT2D eigenvalue weighted by Crippen LogP contribution is 2.19. The van der Waals surface area contributed by atoms with Crippen molar-refractivity contribution in [3.8, 4) is 0 Å². The molecule has 0 aliphatic carbocycles. The van der Waals surface area contributed by atoms with Crippen molar-refractivity contribution in [1.29, 1.82) is 0 Å². The zero-order chi connectivity index (χ0) is 13.5. The fourth-order valence-corrected chi connectivity index (χ4v) is 1.34. The van der Waals surface area contributed by atoms with E-state index in [1.165, 1.54) is 12.1 Å². The number of primary amides is 1. The van der Waals surface area contributed by atoms with Crippen LogP contribution < -0.4 is 16.4 Å². The Bertz CT molecular complexity index is 453. The number of nitrogens with zero attached hydrogens (tertiary/aromatic N) is 1. The topological polar surface area (TPSA) is 110 Å². The number of nitro benzene ring substituents is 1. The summed E-state index contributed by atoms with van der Waals surface area (Å²) in [6.45, 7) is 0.810. The second-order valence-corrected chi connectivity index (χ2v) is 3.48. The molecule has 1 aromatic rings. The fourth-order valence-electron chi connectivity index (χ4n) is 1.34. The highest BCUT2D eigenvalue weighted by atomic mass is 19.1. The molecule has 0 fully saturated rings. The van der Waals surface area contributed by atoms with E-state index in [0.717, 1.165) is 6.07 Å². The molecule has 0 aromatic heterocycles. The van der Waals surface area contributed by atoms with Crippen LogP contribution >= 0.6 is 0 Å². The third-order valence-electron chi connectivity index (χ3n) is 2.17. The van der Waals surface area contributed by atoms with Gasteiger partial charge in [0.25, 0.3) is 0 Å². The van der Waals surface area contributed by atoms with E-state index in [2.05, 4.69) is 10.6 Å². The van der Waals surface area contributed by atoms with E-state index in [4.69, 9.17) is 5.73 Å². The summed E-state index contributed by atoms with van der Waals surface area (Å²) in [7, 11) is 0. The summed E-state index contributed by atoms with van der Waals surface area (Å²) in [5.74, 6) is -0.849. The van der Waals surface area contributed by atoms with Gasteiger partial charge >= 0.3 is 11.7 Å². The van der Waals surface area contributed by atoms with Gasteiger partial charge < -0.3 is 16.4 Å². The molecule has 0 aliphatic heterocycles. The van der Waals surface area contributed by atoms with Crippen molar-refractivity contribution < 1.29 is 14.1 Å². The largest absolute Gasteiger partial charge is 0.352 e. The van der Waals surface area contributed by atoms with Crippen LogP contribution in [0.3, 0.4) is 0 Å². The molecule has 0 aliphatic rings. The van der Waals surface area contributed by atoms with Crippen LogP contribution in [0.25, 0.3) is 0 Å². The predicted molar refractivity (Wildman–Crippen MR) is 62.3 cm³/mol. The third-order valence-corrected chi connectivity index (χ3v) is 2.17. The summed E-state index contributed by atoms with van der Waals surface area (Å²) in [6, 6.07) is 3.34. The summed E-state index contributed by atoms with van der Waals surface area (Å²) in [6.07, 6.45) is 0. The molecule has 1 rings (SSSR count). The number of hydrogen-bond donors (Lipinski definition) is 3. The number of carbonyl (C=O) groups excluding carboxylic acids is 1. The Labute approximate surface area is 102 Å². The number of urea groups is 1. The van der Waals surface area contributed by atoms with Crippen LogP contribution in [0.4, 0.5) is 14.9 Å². The van der Waals surface area contributed by atoms with Gasteiger partial charge in [0.1, 0.15) is 0 Å². The van der Waals surface area contributed by atoms with Crippen LogP contribution in [0.2, 0.25) is 0 Å². The van der Waals surface area contributed by atoms with E-state index in [1.54, 1.807) is 0 Å². The van der Waals surface area contributed by atoms with Crippen molar-refractivity contribution in [3.05, 3.63) is 39.7 Å². The highest BCUT2D eigenvalue weighted by molar-refractivity contribution is 5.71. The number of nitrogens with one attached hydrogen (secondary N) is 2. The average molecular weight is 256 g/mol. The molecule has 0 bridgehead atoms. The van der Waals surface area contributed by atoms with Crippen molar-refractivity contribution in [1.82, 2.24) is 10.6 Å². The first-order valence-electron chi connectivity index (χ1n) is 5.18. The predicted octanol–water partition coefficient (Wildman–Crippen LogP) is 0.492. The molecule has 18 heavy (non-hydrogen) atoms. The maximum absolute atomic E-state index is 13.6. The molecule has 98 valence electrons. The minimum atomic E-state index is -0.849. The average Bonchev–Trinajstić information content (AvgIpc) is 2.30. The minimum absolute atomic E-state index is 0.133. The summed E-state index contributed by atoms with van der Waals surface area (Å²) >= 11 is 0. The molecule has 0 spiro atoms. The van der Waals surface area contributed by atoms with Crippen LogP contribution in [0.1, 0.15) is 5.56 Å². The Balaban J connectivity index is 2.50. The first-order chi connectivity index (χ1) is 8.52. The number of carbonyl (C=O) groups is 1. The Morgan fingerprint density at radius 1 is 1.44 bits per heavy atom. The fraction of sp³-hybridized carbons (Fsp3) is 0.300. The third kappa shape index (κ3) is 3.98. The van der Waals surface area contributed by atoms with Crippen LogP contribution in [0.15, 0.2) is 18.2 Å².